The van der Waals surface area contributed by atoms with Crippen LogP contribution in [-0.2, 0) is 4.79 Å². The summed E-state index contributed by atoms with van der Waals surface area (Å²) in [6.45, 7) is 2.58. The van der Waals surface area contributed by atoms with Gasteiger partial charge in [0.25, 0.3) is 0 Å². The third-order valence-corrected chi connectivity index (χ3v) is 3.68. The van der Waals surface area contributed by atoms with Crippen LogP contribution in [0, 0.1) is 0 Å². The Bertz CT molecular complexity index is 599. The molecule has 1 aromatic carbocycles. The molecule has 2 aromatic rings. The second-order valence-corrected chi connectivity index (χ2v) is 5.38. The maximum absolute atomic E-state index is 10.8. The largest absolute Gasteiger partial charge is 0.494 e. The molecule has 5 N–H and O–H groups in total. The van der Waals surface area contributed by atoms with Crippen molar-refractivity contribution in [3.05, 3.63) is 18.2 Å². The number of thioether (sulfide) groups is 1. The number of rotatable bonds is 7. The number of hydrogen-bond donors (Lipinski definition) is 3. The highest BCUT2D eigenvalue weighted by molar-refractivity contribution is 7.99. The number of amides is 1. The summed E-state index contributed by atoms with van der Waals surface area (Å²) < 4.78 is 5.44. The van der Waals surface area contributed by atoms with Crippen molar-refractivity contribution in [1.82, 2.24) is 9.97 Å². The highest BCUT2D eigenvalue weighted by Gasteiger charge is 2.10. The third-order valence-electron chi connectivity index (χ3n) is 2.78. The van der Waals surface area contributed by atoms with Gasteiger partial charge < -0.3 is 21.2 Å². The number of benzene rings is 1. The van der Waals surface area contributed by atoms with Gasteiger partial charge in [-0.1, -0.05) is 11.8 Å². The van der Waals surface area contributed by atoms with Gasteiger partial charge in [0.2, 0.25) is 5.91 Å². The molecule has 1 heterocycles. The van der Waals surface area contributed by atoms with E-state index in [2.05, 4.69) is 9.97 Å². The van der Waals surface area contributed by atoms with Crippen molar-refractivity contribution in [3.8, 4) is 5.75 Å². The number of ether oxygens (including phenoxy) is 1. The number of nitrogens with zero attached hydrogens (tertiary/aromatic N) is 1. The third kappa shape index (κ3) is 3.64. The molecule has 0 bridgehead atoms. The van der Waals surface area contributed by atoms with Crippen LogP contribution >= 0.6 is 11.8 Å². The Morgan fingerprint density at radius 1 is 1.55 bits per heavy atom. The molecule has 6 nitrogen and oxygen atoms in total. The summed E-state index contributed by atoms with van der Waals surface area (Å²) in [5.74, 6) is 1.02. The van der Waals surface area contributed by atoms with E-state index >= 15 is 0 Å². The van der Waals surface area contributed by atoms with Gasteiger partial charge in [-0.15, -0.1) is 0 Å². The lowest BCUT2D eigenvalue weighted by Crippen LogP contribution is -2.36. The zero-order valence-corrected chi connectivity index (χ0v) is 12.1. The predicted molar refractivity (Wildman–Crippen MR) is 79.8 cm³/mol. The second kappa shape index (κ2) is 6.62. The van der Waals surface area contributed by atoms with Crippen LogP contribution in [0.1, 0.15) is 13.3 Å². The maximum Gasteiger partial charge on any atom is 0.234 e. The SMILES string of the molecule is CCOc1ccc2nc(SCCC(N)C(N)=O)[nH]c2c1. The summed E-state index contributed by atoms with van der Waals surface area (Å²) >= 11 is 1.52. The first-order valence-electron chi connectivity index (χ1n) is 6.40. The van der Waals surface area contributed by atoms with Gasteiger partial charge in [0, 0.05) is 11.8 Å². The van der Waals surface area contributed by atoms with E-state index in [0.717, 1.165) is 21.9 Å². The molecule has 0 spiro atoms. The number of nitrogens with one attached hydrogen (secondary N) is 1. The number of fused-ring (bicyclic) bond motifs is 1. The second-order valence-electron chi connectivity index (χ2n) is 4.30. The lowest BCUT2D eigenvalue weighted by atomic mass is 10.2. The van der Waals surface area contributed by atoms with E-state index in [1.807, 2.05) is 25.1 Å². The van der Waals surface area contributed by atoms with Crippen molar-refractivity contribution >= 4 is 28.7 Å². The molecular weight excluding hydrogens is 276 g/mol. The number of aromatic nitrogens is 2. The van der Waals surface area contributed by atoms with E-state index in [-0.39, 0.29) is 0 Å². The number of nitrogens with two attached hydrogens (primary N) is 2. The highest BCUT2D eigenvalue weighted by atomic mass is 32.2. The average Bonchev–Trinajstić information content (AvgIpc) is 2.80. The van der Waals surface area contributed by atoms with Gasteiger partial charge in [-0.25, -0.2) is 4.98 Å². The Hall–Kier alpha value is -1.73. The van der Waals surface area contributed by atoms with Crippen LogP contribution in [0.15, 0.2) is 23.4 Å². The number of carbonyl (C=O) groups is 1. The summed E-state index contributed by atoms with van der Waals surface area (Å²) in [6.07, 6.45) is 0.529. The summed E-state index contributed by atoms with van der Waals surface area (Å²) in [5, 5.41) is 0.797. The van der Waals surface area contributed by atoms with Crippen molar-refractivity contribution in [2.75, 3.05) is 12.4 Å². The molecule has 7 heteroatoms. The van der Waals surface area contributed by atoms with Crippen molar-refractivity contribution in [2.24, 2.45) is 11.5 Å². The van der Waals surface area contributed by atoms with Crippen LogP contribution in [0.3, 0.4) is 0 Å². The lowest BCUT2D eigenvalue weighted by Gasteiger charge is -2.04. The molecule has 1 amide bonds. The van der Waals surface area contributed by atoms with Gasteiger partial charge in [0.1, 0.15) is 5.75 Å². The Kier molecular flexibility index (Phi) is 4.86. The zero-order chi connectivity index (χ0) is 14.5. The summed E-state index contributed by atoms with van der Waals surface area (Å²) in [5.41, 5.74) is 12.5. The highest BCUT2D eigenvalue weighted by Crippen LogP contribution is 2.23. The molecule has 0 aliphatic carbocycles. The summed E-state index contributed by atoms with van der Waals surface area (Å²) in [7, 11) is 0. The zero-order valence-electron chi connectivity index (χ0n) is 11.3. The first-order chi connectivity index (χ1) is 9.60. The first kappa shape index (κ1) is 14.7. The quantitative estimate of drug-likeness (QED) is 0.666. The molecule has 108 valence electrons. The molecule has 20 heavy (non-hydrogen) atoms. The normalized spacial score (nSPS) is 12.5. The Morgan fingerprint density at radius 3 is 3.05 bits per heavy atom. The van der Waals surface area contributed by atoms with Gasteiger partial charge in [0.05, 0.1) is 23.7 Å². The van der Waals surface area contributed by atoms with E-state index in [0.29, 0.717) is 18.8 Å². The topological polar surface area (TPSA) is 107 Å². The average molecular weight is 294 g/mol. The summed E-state index contributed by atoms with van der Waals surface area (Å²) in [4.78, 5) is 18.5. The van der Waals surface area contributed by atoms with Crippen LogP contribution < -0.4 is 16.2 Å². The van der Waals surface area contributed by atoms with Gasteiger partial charge in [0.15, 0.2) is 5.16 Å². The Balaban J connectivity index is 1.99. The van der Waals surface area contributed by atoms with E-state index in [4.69, 9.17) is 16.2 Å². The molecule has 0 saturated carbocycles. The van der Waals surface area contributed by atoms with Crippen molar-refractivity contribution in [3.63, 3.8) is 0 Å². The van der Waals surface area contributed by atoms with Gasteiger partial charge in [-0.3, -0.25) is 4.79 Å². The van der Waals surface area contributed by atoms with Crippen LogP contribution in [0.2, 0.25) is 0 Å². The number of hydrogen-bond acceptors (Lipinski definition) is 5. The van der Waals surface area contributed by atoms with Crippen LogP contribution in [0.5, 0.6) is 5.75 Å². The van der Waals surface area contributed by atoms with Crippen molar-refractivity contribution < 1.29 is 9.53 Å². The number of imidazole rings is 1. The molecule has 0 fully saturated rings. The molecule has 1 atom stereocenters. The molecule has 0 saturated heterocycles. The molecule has 0 aliphatic rings. The standard InChI is InChI=1S/C13H18N4O2S/c1-2-19-8-3-4-10-11(7-8)17-13(16-10)20-6-5-9(14)12(15)18/h3-4,7,9H,2,5-6,14H2,1H3,(H2,15,18)(H,16,17). The Morgan fingerprint density at radius 2 is 2.35 bits per heavy atom. The molecule has 0 radical (unpaired) electrons. The molecule has 1 unspecified atom stereocenters. The van der Waals surface area contributed by atoms with E-state index in [1.165, 1.54) is 11.8 Å². The van der Waals surface area contributed by atoms with Gasteiger partial charge >= 0.3 is 0 Å². The molecule has 2 rings (SSSR count). The number of primary amides is 1. The van der Waals surface area contributed by atoms with Crippen molar-refractivity contribution in [1.29, 1.82) is 0 Å². The van der Waals surface area contributed by atoms with E-state index in [9.17, 15) is 4.79 Å². The smallest absolute Gasteiger partial charge is 0.234 e. The van der Waals surface area contributed by atoms with Gasteiger partial charge in [-0.05, 0) is 25.5 Å². The number of H-pyrrole nitrogens is 1. The van der Waals surface area contributed by atoms with Crippen LogP contribution in [-0.4, -0.2) is 34.3 Å². The van der Waals surface area contributed by atoms with E-state index in [1.54, 1.807) is 0 Å². The monoisotopic (exact) mass is 294 g/mol. The summed E-state index contributed by atoms with van der Waals surface area (Å²) in [6, 6.07) is 5.13. The van der Waals surface area contributed by atoms with Crippen LogP contribution in [0.4, 0.5) is 0 Å². The Labute approximate surface area is 121 Å². The van der Waals surface area contributed by atoms with Gasteiger partial charge in [-0.2, -0.15) is 0 Å². The first-order valence-corrected chi connectivity index (χ1v) is 7.39. The predicted octanol–water partition coefficient (Wildman–Crippen LogP) is 1.26. The fourth-order valence-electron chi connectivity index (χ4n) is 1.71. The number of aromatic amines is 1. The fraction of sp³-hybridized carbons (Fsp3) is 0.385. The molecule has 1 aromatic heterocycles. The van der Waals surface area contributed by atoms with Crippen LogP contribution in [0.25, 0.3) is 11.0 Å². The maximum atomic E-state index is 10.8. The number of carbonyl (C=O) groups excluding carboxylic acids is 1. The molecular formula is C13H18N4O2S. The van der Waals surface area contributed by atoms with E-state index < -0.39 is 11.9 Å². The molecule has 0 aliphatic heterocycles. The lowest BCUT2D eigenvalue weighted by molar-refractivity contribution is -0.119. The minimum Gasteiger partial charge on any atom is -0.494 e. The minimum absolute atomic E-state index is 0.475. The van der Waals surface area contributed by atoms with Crippen molar-refractivity contribution in [2.45, 2.75) is 24.5 Å². The fourth-order valence-corrected chi connectivity index (χ4v) is 2.63. The minimum atomic E-state index is -0.601.